The molecule has 4 nitrogen and oxygen atoms in total. The molecule has 0 heterocycles. The summed E-state index contributed by atoms with van der Waals surface area (Å²) in [4.78, 5) is 22.9. The van der Waals surface area contributed by atoms with Gasteiger partial charge >= 0.3 is 5.97 Å². The van der Waals surface area contributed by atoms with Gasteiger partial charge in [0, 0.05) is 17.4 Å². The zero-order valence-corrected chi connectivity index (χ0v) is 14.9. The van der Waals surface area contributed by atoms with E-state index in [0.717, 1.165) is 55.0 Å². The highest BCUT2D eigenvalue weighted by Crippen LogP contribution is 2.48. The van der Waals surface area contributed by atoms with Crippen molar-refractivity contribution in [1.29, 1.82) is 0 Å². The fourth-order valence-electron chi connectivity index (χ4n) is 2.86. The van der Waals surface area contributed by atoms with Gasteiger partial charge in [-0.2, -0.15) is 0 Å². The molecule has 5 heteroatoms. The Balaban J connectivity index is 1.65. The Hall–Kier alpha value is -1.36. The Bertz CT molecular complexity index is 555. The number of rotatable bonds is 10. The molecule has 1 amide bonds. The zero-order chi connectivity index (χ0) is 16.7. The molecule has 23 heavy (non-hydrogen) atoms. The van der Waals surface area contributed by atoms with Crippen molar-refractivity contribution in [3.8, 4) is 0 Å². The summed E-state index contributed by atoms with van der Waals surface area (Å²) in [7, 11) is 0. The summed E-state index contributed by atoms with van der Waals surface area (Å²) < 4.78 is 1.01. The van der Waals surface area contributed by atoms with E-state index in [-0.39, 0.29) is 17.7 Å². The van der Waals surface area contributed by atoms with Crippen LogP contribution in [0.3, 0.4) is 0 Å². The van der Waals surface area contributed by atoms with Crippen molar-refractivity contribution in [2.45, 2.75) is 56.8 Å². The Kier molecular flexibility index (Phi) is 6.63. The number of nitrogens with one attached hydrogen (secondary N) is 1. The summed E-state index contributed by atoms with van der Waals surface area (Å²) in [5, 5.41) is 11.6. The molecule has 0 saturated heterocycles. The van der Waals surface area contributed by atoms with Gasteiger partial charge in [-0.25, -0.2) is 0 Å². The quantitative estimate of drug-likeness (QED) is 0.601. The van der Waals surface area contributed by atoms with Crippen molar-refractivity contribution in [3.05, 3.63) is 34.3 Å². The molecule has 1 aliphatic carbocycles. The number of amides is 1. The Morgan fingerprint density at radius 3 is 2.48 bits per heavy atom. The second-order valence-corrected chi connectivity index (χ2v) is 7.18. The highest BCUT2D eigenvalue weighted by atomic mass is 79.9. The molecule has 0 bridgehead atoms. The molecule has 1 aromatic rings. The van der Waals surface area contributed by atoms with E-state index in [1.165, 1.54) is 0 Å². The van der Waals surface area contributed by atoms with Gasteiger partial charge in [0.15, 0.2) is 0 Å². The second kappa shape index (κ2) is 8.48. The number of hydrogen-bond acceptors (Lipinski definition) is 2. The van der Waals surface area contributed by atoms with E-state index in [9.17, 15) is 9.59 Å². The summed E-state index contributed by atoms with van der Waals surface area (Å²) in [5.74, 6) is -0.582. The van der Waals surface area contributed by atoms with Gasteiger partial charge in [0.05, 0.1) is 5.41 Å². The van der Waals surface area contributed by atoms with E-state index in [0.29, 0.717) is 6.54 Å². The number of carboxylic acid groups (broad SMARTS) is 1. The first kappa shape index (κ1) is 18.0. The molecule has 126 valence electrons. The molecule has 0 aliphatic heterocycles. The van der Waals surface area contributed by atoms with Crippen molar-refractivity contribution < 1.29 is 14.7 Å². The molecular formula is C18H24BrNO3. The number of halogens is 1. The molecular weight excluding hydrogens is 358 g/mol. The highest BCUT2D eigenvalue weighted by molar-refractivity contribution is 9.10. The summed E-state index contributed by atoms with van der Waals surface area (Å²) >= 11 is 3.47. The fourth-order valence-corrected chi connectivity index (χ4v) is 3.26. The average molecular weight is 382 g/mol. The van der Waals surface area contributed by atoms with Gasteiger partial charge in [-0.3, -0.25) is 9.59 Å². The number of unbranched alkanes of at least 4 members (excludes halogenated alkanes) is 4. The minimum absolute atomic E-state index is 0.140. The Morgan fingerprint density at radius 2 is 1.83 bits per heavy atom. The standard InChI is InChI=1S/C18H24BrNO3/c19-15-8-6-7-14(13-15)18(10-11-18)17(23)20-12-5-3-1-2-4-9-16(21)22/h6-8,13H,1-5,9-12H2,(H,20,23)(H,21,22). The molecule has 1 fully saturated rings. The monoisotopic (exact) mass is 381 g/mol. The Morgan fingerprint density at radius 1 is 1.13 bits per heavy atom. The Labute approximate surface area is 145 Å². The van der Waals surface area contributed by atoms with Crippen molar-refractivity contribution >= 4 is 27.8 Å². The first-order valence-electron chi connectivity index (χ1n) is 8.31. The smallest absolute Gasteiger partial charge is 0.303 e. The molecule has 1 aliphatic rings. The first-order chi connectivity index (χ1) is 11.0. The molecule has 0 spiro atoms. The minimum Gasteiger partial charge on any atom is -0.481 e. The molecule has 0 radical (unpaired) electrons. The maximum Gasteiger partial charge on any atom is 0.303 e. The van der Waals surface area contributed by atoms with Gasteiger partial charge in [-0.15, -0.1) is 0 Å². The van der Waals surface area contributed by atoms with Gasteiger partial charge in [0.2, 0.25) is 5.91 Å². The SMILES string of the molecule is O=C(O)CCCCCCCNC(=O)C1(c2cccc(Br)c2)CC1. The molecule has 1 saturated carbocycles. The molecule has 2 N–H and O–H groups in total. The van der Waals surface area contributed by atoms with Crippen LogP contribution < -0.4 is 5.32 Å². The lowest BCUT2D eigenvalue weighted by Gasteiger charge is -2.16. The third-order valence-electron chi connectivity index (χ3n) is 4.41. The maximum atomic E-state index is 12.5. The second-order valence-electron chi connectivity index (χ2n) is 6.26. The van der Waals surface area contributed by atoms with E-state index < -0.39 is 5.97 Å². The van der Waals surface area contributed by atoms with Crippen LogP contribution in [0.15, 0.2) is 28.7 Å². The van der Waals surface area contributed by atoms with Crippen LogP contribution in [0.4, 0.5) is 0 Å². The van der Waals surface area contributed by atoms with Crippen LogP contribution in [0.5, 0.6) is 0 Å². The number of benzene rings is 1. The third-order valence-corrected chi connectivity index (χ3v) is 4.91. The maximum absolute atomic E-state index is 12.5. The molecule has 0 atom stereocenters. The van der Waals surface area contributed by atoms with Crippen LogP contribution in [0.25, 0.3) is 0 Å². The topological polar surface area (TPSA) is 66.4 Å². The van der Waals surface area contributed by atoms with Crippen LogP contribution in [0.1, 0.15) is 56.9 Å². The van der Waals surface area contributed by atoms with Gasteiger partial charge in [0.25, 0.3) is 0 Å². The van der Waals surface area contributed by atoms with Crippen LogP contribution in [-0.4, -0.2) is 23.5 Å². The lowest BCUT2D eigenvalue weighted by atomic mass is 9.95. The van der Waals surface area contributed by atoms with E-state index in [1.54, 1.807) is 0 Å². The lowest BCUT2D eigenvalue weighted by Crippen LogP contribution is -2.35. The number of carbonyl (C=O) groups is 2. The molecule has 2 rings (SSSR count). The molecule has 0 aromatic heterocycles. The van der Waals surface area contributed by atoms with Crippen LogP contribution in [-0.2, 0) is 15.0 Å². The van der Waals surface area contributed by atoms with Gasteiger partial charge in [-0.05, 0) is 43.4 Å². The van der Waals surface area contributed by atoms with E-state index in [2.05, 4.69) is 21.2 Å². The predicted octanol–water partition coefficient (Wildman–Crippen LogP) is 4.02. The van der Waals surface area contributed by atoms with Gasteiger partial charge < -0.3 is 10.4 Å². The lowest BCUT2D eigenvalue weighted by molar-refractivity contribution is -0.137. The van der Waals surface area contributed by atoms with Crippen molar-refractivity contribution in [3.63, 3.8) is 0 Å². The van der Waals surface area contributed by atoms with Crippen molar-refractivity contribution in [2.75, 3.05) is 6.54 Å². The number of hydrogen-bond donors (Lipinski definition) is 2. The number of carboxylic acids is 1. The molecule has 1 aromatic carbocycles. The fraction of sp³-hybridized carbons (Fsp3) is 0.556. The van der Waals surface area contributed by atoms with Gasteiger partial charge in [-0.1, -0.05) is 47.3 Å². The third kappa shape index (κ3) is 5.34. The van der Waals surface area contributed by atoms with E-state index in [4.69, 9.17) is 5.11 Å². The minimum atomic E-state index is -0.723. The average Bonchev–Trinajstić information content (AvgIpc) is 3.31. The first-order valence-corrected chi connectivity index (χ1v) is 9.10. The zero-order valence-electron chi connectivity index (χ0n) is 13.3. The summed E-state index contributed by atoms with van der Waals surface area (Å²) in [6, 6.07) is 8.01. The summed E-state index contributed by atoms with van der Waals surface area (Å²) in [5.41, 5.74) is 0.781. The number of carbonyl (C=O) groups excluding carboxylic acids is 1. The van der Waals surface area contributed by atoms with Crippen molar-refractivity contribution in [2.24, 2.45) is 0 Å². The van der Waals surface area contributed by atoms with Crippen LogP contribution in [0.2, 0.25) is 0 Å². The van der Waals surface area contributed by atoms with Crippen molar-refractivity contribution in [1.82, 2.24) is 5.32 Å². The van der Waals surface area contributed by atoms with Crippen LogP contribution in [0, 0.1) is 0 Å². The number of aliphatic carboxylic acids is 1. The summed E-state index contributed by atoms with van der Waals surface area (Å²) in [6.45, 7) is 0.702. The van der Waals surface area contributed by atoms with Crippen LogP contribution >= 0.6 is 15.9 Å². The predicted molar refractivity (Wildman–Crippen MR) is 93.4 cm³/mol. The largest absolute Gasteiger partial charge is 0.481 e. The highest BCUT2D eigenvalue weighted by Gasteiger charge is 2.51. The van der Waals surface area contributed by atoms with Gasteiger partial charge in [0.1, 0.15) is 0 Å². The van der Waals surface area contributed by atoms with E-state index >= 15 is 0 Å². The van der Waals surface area contributed by atoms with E-state index in [1.807, 2.05) is 24.3 Å². The molecule has 0 unspecified atom stereocenters. The normalized spacial score (nSPS) is 15.2. The summed E-state index contributed by atoms with van der Waals surface area (Å²) in [6.07, 6.45) is 6.80.